The van der Waals surface area contributed by atoms with E-state index in [4.69, 9.17) is 17.3 Å². The van der Waals surface area contributed by atoms with Crippen molar-refractivity contribution < 1.29 is 14.0 Å². The third-order valence-corrected chi connectivity index (χ3v) is 8.85. The first-order valence-electron chi connectivity index (χ1n) is 13.2. The lowest BCUT2D eigenvalue weighted by Gasteiger charge is -2.22. The summed E-state index contributed by atoms with van der Waals surface area (Å²) in [4.78, 5) is 25.7. The number of nitrogens with zero attached hydrogens (tertiary/aromatic N) is 2. The fraction of sp³-hybridized carbons (Fsp3) is 0.593. The lowest BCUT2D eigenvalue weighted by Crippen LogP contribution is -2.35. The molecule has 3 fully saturated rings. The van der Waals surface area contributed by atoms with E-state index >= 15 is 0 Å². The van der Waals surface area contributed by atoms with Crippen molar-refractivity contribution in [2.45, 2.75) is 63.7 Å². The van der Waals surface area contributed by atoms with E-state index in [9.17, 15) is 14.0 Å². The molecule has 0 saturated heterocycles. The molecule has 0 spiro atoms. The number of anilines is 2. The van der Waals surface area contributed by atoms with Gasteiger partial charge in [0.05, 0.1) is 10.7 Å². The fourth-order valence-electron chi connectivity index (χ4n) is 6.73. The van der Waals surface area contributed by atoms with Crippen LogP contribution in [0.2, 0.25) is 5.02 Å². The van der Waals surface area contributed by atoms with E-state index < -0.39 is 5.82 Å². The van der Waals surface area contributed by atoms with Gasteiger partial charge in [0, 0.05) is 31.1 Å². The van der Waals surface area contributed by atoms with Crippen LogP contribution in [0, 0.1) is 29.5 Å². The van der Waals surface area contributed by atoms with Crippen LogP contribution in [0.1, 0.15) is 79.8 Å². The molecule has 194 valence electrons. The van der Waals surface area contributed by atoms with Crippen LogP contribution in [0.25, 0.3) is 0 Å². The number of nitrogen functional groups attached to an aromatic ring is 1. The van der Waals surface area contributed by atoms with Gasteiger partial charge in [0.25, 0.3) is 5.91 Å². The van der Waals surface area contributed by atoms with Crippen LogP contribution in [0.15, 0.2) is 18.2 Å². The third-order valence-electron chi connectivity index (χ3n) is 8.56. The molecule has 2 unspecified atom stereocenters. The zero-order valence-corrected chi connectivity index (χ0v) is 21.5. The molecule has 9 heteroatoms. The minimum Gasteiger partial charge on any atom is -0.383 e. The first-order valence-corrected chi connectivity index (χ1v) is 13.5. The number of benzene rings is 1. The van der Waals surface area contributed by atoms with Gasteiger partial charge in [0.2, 0.25) is 5.91 Å². The number of carbonyl (C=O) groups is 2. The highest BCUT2D eigenvalue weighted by molar-refractivity contribution is 6.31. The van der Waals surface area contributed by atoms with Crippen LogP contribution in [-0.2, 0) is 11.8 Å². The van der Waals surface area contributed by atoms with Crippen molar-refractivity contribution in [1.29, 1.82) is 0 Å². The Hall–Kier alpha value is -2.61. The number of aryl methyl sites for hydroxylation is 1. The van der Waals surface area contributed by atoms with E-state index in [1.165, 1.54) is 37.5 Å². The van der Waals surface area contributed by atoms with Crippen molar-refractivity contribution in [3.05, 3.63) is 40.3 Å². The van der Waals surface area contributed by atoms with Gasteiger partial charge >= 0.3 is 0 Å². The molecule has 2 amide bonds. The highest BCUT2D eigenvalue weighted by Gasteiger charge is 2.44. The van der Waals surface area contributed by atoms with Gasteiger partial charge < -0.3 is 16.4 Å². The molecule has 5 rings (SSSR count). The molecular weight excluding hydrogens is 481 g/mol. The van der Waals surface area contributed by atoms with Crippen molar-refractivity contribution >= 4 is 34.9 Å². The average molecular weight is 516 g/mol. The van der Waals surface area contributed by atoms with Gasteiger partial charge in [0.15, 0.2) is 0 Å². The van der Waals surface area contributed by atoms with Gasteiger partial charge in [-0.1, -0.05) is 30.9 Å². The van der Waals surface area contributed by atoms with Crippen LogP contribution >= 0.6 is 11.6 Å². The molecule has 3 aliphatic carbocycles. The Labute approximate surface area is 216 Å². The number of hydrogen-bond donors (Lipinski definition) is 3. The number of aromatic nitrogens is 2. The Morgan fingerprint density at radius 1 is 1.14 bits per heavy atom. The van der Waals surface area contributed by atoms with E-state index in [-0.39, 0.29) is 28.7 Å². The van der Waals surface area contributed by atoms with Gasteiger partial charge in [-0.15, -0.1) is 0 Å². The second-order valence-electron chi connectivity index (χ2n) is 11.0. The number of nitrogens with two attached hydrogens (primary N) is 1. The molecule has 1 heterocycles. The number of carbonyl (C=O) groups excluding carboxylic acids is 2. The monoisotopic (exact) mass is 515 g/mol. The van der Waals surface area contributed by atoms with E-state index in [0.717, 1.165) is 50.8 Å². The minimum atomic E-state index is -0.541. The zero-order valence-electron chi connectivity index (χ0n) is 20.7. The Morgan fingerprint density at radius 2 is 1.83 bits per heavy atom. The largest absolute Gasteiger partial charge is 0.383 e. The van der Waals surface area contributed by atoms with Crippen molar-refractivity contribution in [2.24, 2.45) is 30.7 Å². The standard InChI is InChI=1S/C27H35ClFN5O2/c1-34-25(30)23(27(36)32-20-7-8-22(29)21(28)13-20)24(33-34)19-11-17-9-15(10-18(17)12-19)14-31-26(35)16-5-3-2-4-6-16/h7-8,13,15-19H,2-6,9-12,14,30H2,1H3,(H,31,35)(H,32,36). The topological polar surface area (TPSA) is 102 Å². The quantitative estimate of drug-likeness (QED) is 0.488. The molecule has 0 bridgehead atoms. The molecule has 2 atom stereocenters. The predicted octanol–water partition coefficient (Wildman–Crippen LogP) is 5.26. The van der Waals surface area contributed by atoms with Crippen LogP contribution in [-0.4, -0.2) is 28.1 Å². The third kappa shape index (κ3) is 5.10. The second kappa shape index (κ2) is 10.4. The van der Waals surface area contributed by atoms with Crippen LogP contribution in [0.3, 0.4) is 0 Å². The Bertz CT molecular complexity index is 1130. The Morgan fingerprint density at radius 3 is 2.50 bits per heavy atom. The van der Waals surface area contributed by atoms with Crippen LogP contribution < -0.4 is 16.4 Å². The molecule has 3 saturated carbocycles. The maximum atomic E-state index is 13.5. The molecule has 4 N–H and O–H groups in total. The summed E-state index contributed by atoms with van der Waals surface area (Å²) in [7, 11) is 1.74. The van der Waals surface area contributed by atoms with E-state index in [1.54, 1.807) is 11.7 Å². The number of nitrogens with one attached hydrogen (secondary N) is 2. The number of hydrogen-bond acceptors (Lipinski definition) is 4. The van der Waals surface area contributed by atoms with Crippen LogP contribution in [0.5, 0.6) is 0 Å². The summed E-state index contributed by atoms with van der Waals surface area (Å²) in [6, 6.07) is 4.07. The molecule has 1 aromatic heterocycles. The van der Waals surface area contributed by atoms with E-state index in [0.29, 0.717) is 34.8 Å². The average Bonchev–Trinajstić information content (AvgIpc) is 3.52. The molecule has 3 aliphatic rings. The van der Waals surface area contributed by atoms with Crippen LogP contribution in [0.4, 0.5) is 15.9 Å². The lowest BCUT2D eigenvalue weighted by atomic mass is 9.88. The smallest absolute Gasteiger partial charge is 0.261 e. The second-order valence-corrected chi connectivity index (χ2v) is 11.4. The minimum absolute atomic E-state index is 0.0553. The molecule has 0 aliphatic heterocycles. The number of halogens is 2. The maximum Gasteiger partial charge on any atom is 0.261 e. The van der Waals surface area contributed by atoms with Gasteiger partial charge in [-0.2, -0.15) is 5.10 Å². The highest BCUT2D eigenvalue weighted by atomic mass is 35.5. The molecule has 1 aromatic carbocycles. The Kier molecular flexibility index (Phi) is 7.24. The SMILES string of the molecule is Cn1nc(C2CC3CC(CNC(=O)C4CCCCC4)CC3C2)c(C(=O)Nc2ccc(F)c(Cl)c2)c1N. The maximum absolute atomic E-state index is 13.5. The summed E-state index contributed by atoms with van der Waals surface area (Å²) in [5.74, 6) is 1.69. The van der Waals surface area contributed by atoms with Crippen molar-refractivity contribution in [3.8, 4) is 0 Å². The van der Waals surface area contributed by atoms with Gasteiger partial charge in [-0.25, -0.2) is 4.39 Å². The first-order chi connectivity index (χ1) is 17.3. The summed E-state index contributed by atoms with van der Waals surface area (Å²) in [6.45, 7) is 0.775. The Balaban J connectivity index is 1.20. The van der Waals surface area contributed by atoms with Crippen molar-refractivity contribution in [1.82, 2.24) is 15.1 Å². The van der Waals surface area contributed by atoms with Crippen molar-refractivity contribution in [2.75, 3.05) is 17.6 Å². The molecule has 7 nitrogen and oxygen atoms in total. The normalized spacial score (nSPS) is 26.1. The molecule has 0 radical (unpaired) electrons. The van der Waals surface area contributed by atoms with Gasteiger partial charge in [-0.05, 0) is 74.5 Å². The number of rotatable bonds is 6. The molecular formula is C27H35ClFN5O2. The van der Waals surface area contributed by atoms with E-state index in [1.807, 2.05) is 0 Å². The summed E-state index contributed by atoms with van der Waals surface area (Å²) in [6.07, 6.45) is 9.79. The van der Waals surface area contributed by atoms with Crippen molar-refractivity contribution in [3.63, 3.8) is 0 Å². The highest BCUT2D eigenvalue weighted by Crippen LogP contribution is 2.53. The molecule has 2 aromatic rings. The number of amides is 2. The summed E-state index contributed by atoms with van der Waals surface area (Å²) in [5.41, 5.74) is 7.79. The fourth-order valence-corrected chi connectivity index (χ4v) is 6.91. The first kappa shape index (κ1) is 25.1. The number of fused-ring (bicyclic) bond motifs is 1. The summed E-state index contributed by atoms with van der Waals surface area (Å²) >= 11 is 5.87. The lowest BCUT2D eigenvalue weighted by molar-refractivity contribution is -0.126. The van der Waals surface area contributed by atoms with Gasteiger partial charge in [-0.3, -0.25) is 14.3 Å². The summed E-state index contributed by atoms with van der Waals surface area (Å²) < 4.78 is 15.1. The summed E-state index contributed by atoms with van der Waals surface area (Å²) in [5, 5.41) is 10.6. The molecule has 36 heavy (non-hydrogen) atoms. The van der Waals surface area contributed by atoms with Gasteiger partial charge in [0.1, 0.15) is 17.2 Å². The van der Waals surface area contributed by atoms with E-state index in [2.05, 4.69) is 15.7 Å². The predicted molar refractivity (Wildman–Crippen MR) is 138 cm³/mol. The zero-order chi connectivity index (χ0) is 25.4.